The summed E-state index contributed by atoms with van der Waals surface area (Å²) >= 11 is 18.7. The van der Waals surface area contributed by atoms with Crippen LogP contribution in [0.1, 0.15) is 23.6 Å². The molecule has 0 radical (unpaired) electrons. The molecule has 2 amide bonds. The Morgan fingerprint density at radius 3 is 2.16 bits per heavy atom. The summed E-state index contributed by atoms with van der Waals surface area (Å²) in [6.45, 7) is 4.57. The number of hydrogen-bond acceptors (Lipinski definition) is 4. The summed E-state index contributed by atoms with van der Waals surface area (Å²) in [6, 6.07) is 15.0. The van der Waals surface area contributed by atoms with Gasteiger partial charge in [0, 0.05) is 28.7 Å². The first-order valence-corrected chi connectivity index (χ1v) is 14.2. The number of sulfonamides is 1. The second kappa shape index (κ2) is 12.4. The van der Waals surface area contributed by atoms with Crippen LogP contribution in [0.4, 0.5) is 5.69 Å². The van der Waals surface area contributed by atoms with Crippen LogP contribution < -0.4 is 9.62 Å². The first kappa shape index (κ1) is 29.8. The molecular formula is C27H28Cl3N3O4S. The highest BCUT2D eigenvalue weighted by atomic mass is 35.5. The van der Waals surface area contributed by atoms with E-state index >= 15 is 0 Å². The van der Waals surface area contributed by atoms with Crippen LogP contribution in [0.15, 0.2) is 65.6 Å². The molecule has 3 aromatic carbocycles. The van der Waals surface area contributed by atoms with Crippen LogP contribution in [0.5, 0.6) is 0 Å². The van der Waals surface area contributed by atoms with Crippen LogP contribution in [0.3, 0.4) is 0 Å². The molecule has 0 unspecified atom stereocenters. The van der Waals surface area contributed by atoms with Gasteiger partial charge in [-0.2, -0.15) is 0 Å². The maximum Gasteiger partial charge on any atom is 0.264 e. The largest absolute Gasteiger partial charge is 0.357 e. The van der Waals surface area contributed by atoms with Crippen molar-refractivity contribution in [3.05, 3.63) is 92.4 Å². The highest BCUT2D eigenvalue weighted by molar-refractivity contribution is 7.92. The fourth-order valence-corrected chi connectivity index (χ4v) is 5.78. The molecule has 0 bridgehead atoms. The van der Waals surface area contributed by atoms with Gasteiger partial charge < -0.3 is 10.2 Å². The Hall–Kier alpha value is -2.78. The molecule has 0 aliphatic carbocycles. The van der Waals surface area contributed by atoms with E-state index in [2.05, 4.69) is 5.32 Å². The molecule has 202 valence electrons. The van der Waals surface area contributed by atoms with E-state index in [1.54, 1.807) is 50.2 Å². The van der Waals surface area contributed by atoms with E-state index in [-0.39, 0.29) is 17.1 Å². The molecule has 1 atom stereocenters. The Balaban J connectivity index is 2.07. The minimum absolute atomic E-state index is 0.0132. The lowest BCUT2D eigenvalue weighted by Gasteiger charge is -2.32. The minimum atomic E-state index is -4.18. The summed E-state index contributed by atoms with van der Waals surface area (Å²) in [4.78, 5) is 27.7. The average molecular weight is 597 g/mol. The lowest BCUT2D eigenvalue weighted by Crippen LogP contribution is -2.50. The number of nitrogens with zero attached hydrogens (tertiary/aromatic N) is 2. The highest BCUT2D eigenvalue weighted by Crippen LogP contribution is 2.29. The van der Waals surface area contributed by atoms with E-state index in [0.717, 1.165) is 15.4 Å². The van der Waals surface area contributed by atoms with Crippen molar-refractivity contribution < 1.29 is 18.0 Å². The molecular weight excluding hydrogens is 569 g/mol. The average Bonchev–Trinajstić information content (AvgIpc) is 2.87. The monoisotopic (exact) mass is 595 g/mol. The van der Waals surface area contributed by atoms with Gasteiger partial charge in [-0.05, 0) is 68.3 Å². The second-order valence-electron chi connectivity index (χ2n) is 8.81. The molecule has 0 saturated carbocycles. The van der Waals surface area contributed by atoms with Crippen molar-refractivity contribution in [1.29, 1.82) is 0 Å². The zero-order valence-electron chi connectivity index (χ0n) is 21.3. The second-order valence-corrected chi connectivity index (χ2v) is 11.9. The SMILES string of the molecule is CNC(=O)[C@@H](C)N(Cc1ccc(Cl)cc1Cl)C(=O)CN(c1ccc(C)c(Cl)c1)S(=O)(=O)c1ccc(C)cc1. The van der Waals surface area contributed by atoms with Gasteiger partial charge in [-0.1, -0.05) is 64.6 Å². The van der Waals surface area contributed by atoms with Crippen molar-refractivity contribution in [2.24, 2.45) is 0 Å². The number of halogens is 3. The van der Waals surface area contributed by atoms with E-state index < -0.39 is 34.4 Å². The van der Waals surface area contributed by atoms with Crippen molar-refractivity contribution in [1.82, 2.24) is 10.2 Å². The Labute approximate surface area is 238 Å². The first-order valence-electron chi connectivity index (χ1n) is 11.7. The number of anilines is 1. The molecule has 0 fully saturated rings. The predicted octanol–water partition coefficient (Wildman–Crippen LogP) is 5.62. The molecule has 38 heavy (non-hydrogen) atoms. The normalized spacial score (nSPS) is 12.1. The van der Waals surface area contributed by atoms with Gasteiger partial charge in [0.25, 0.3) is 10.0 Å². The first-order chi connectivity index (χ1) is 17.8. The summed E-state index contributed by atoms with van der Waals surface area (Å²) in [6.07, 6.45) is 0. The highest BCUT2D eigenvalue weighted by Gasteiger charge is 2.32. The van der Waals surface area contributed by atoms with Gasteiger partial charge in [0.1, 0.15) is 12.6 Å². The standard InChI is InChI=1S/C27H28Cl3N3O4S/c1-17-5-11-23(12-6-17)38(36,37)33(22-10-7-18(2)24(29)14-22)16-26(34)32(19(3)27(35)31-4)15-20-8-9-21(28)13-25(20)30/h5-14,19H,15-16H2,1-4H3,(H,31,35)/t19-/m1/s1. The number of aryl methyl sites for hydroxylation is 2. The van der Waals surface area contributed by atoms with E-state index in [4.69, 9.17) is 34.8 Å². The summed E-state index contributed by atoms with van der Waals surface area (Å²) in [7, 11) is -2.73. The smallest absolute Gasteiger partial charge is 0.264 e. The Morgan fingerprint density at radius 2 is 1.58 bits per heavy atom. The lowest BCUT2D eigenvalue weighted by molar-refractivity contribution is -0.139. The van der Waals surface area contributed by atoms with Gasteiger partial charge in [-0.25, -0.2) is 8.42 Å². The van der Waals surface area contributed by atoms with Crippen LogP contribution in [0.2, 0.25) is 15.1 Å². The molecule has 0 saturated heterocycles. The molecule has 3 rings (SSSR count). The van der Waals surface area contributed by atoms with E-state index in [9.17, 15) is 18.0 Å². The fraction of sp³-hybridized carbons (Fsp3) is 0.259. The molecule has 0 aromatic heterocycles. The van der Waals surface area contributed by atoms with Crippen molar-refractivity contribution >= 4 is 62.3 Å². The van der Waals surface area contributed by atoms with E-state index in [1.807, 2.05) is 6.92 Å². The third kappa shape index (κ3) is 6.80. The Kier molecular flexibility index (Phi) is 9.70. The van der Waals surface area contributed by atoms with Crippen molar-refractivity contribution in [3.8, 4) is 0 Å². The number of amides is 2. The lowest BCUT2D eigenvalue weighted by atomic mass is 10.1. The number of benzene rings is 3. The molecule has 0 aliphatic heterocycles. The number of nitrogens with one attached hydrogen (secondary N) is 1. The van der Waals surface area contributed by atoms with Crippen LogP contribution in [0, 0.1) is 13.8 Å². The zero-order chi connectivity index (χ0) is 28.2. The maximum atomic E-state index is 13.8. The summed E-state index contributed by atoms with van der Waals surface area (Å²) in [5.41, 5.74) is 2.40. The molecule has 0 aliphatic rings. The van der Waals surface area contributed by atoms with E-state index in [0.29, 0.717) is 20.6 Å². The third-order valence-electron chi connectivity index (χ3n) is 6.10. The molecule has 0 spiro atoms. The third-order valence-corrected chi connectivity index (χ3v) is 8.88. The van der Waals surface area contributed by atoms with E-state index in [1.165, 1.54) is 36.2 Å². The van der Waals surface area contributed by atoms with Gasteiger partial charge in [-0.3, -0.25) is 13.9 Å². The zero-order valence-corrected chi connectivity index (χ0v) is 24.4. The van der Waals surface area contributed by atoms with Crippen molar-refractivity contribution in [3.63, 3.8) is 0 Å². The summed E-state index contributed by atoms with van der Waals surface area (Å²) in [5, 5.41) is 3.62. The fourth-order valence-electron chi connectivity index (χ4n) is 3.73. The topological polar surface area (TPSA) is 86.8 Å². The van der Waals surface area contributed by atoms with Gasteiger partial charge >= 0.3 is 0 Å². The Morgan fingerprint density at radius 1 is 0.921 bits per heavy atom. The number of rotatable bonds is 9. The van der Waals surface area contributed by atoms with Gasteiger partial charge in [0.15, 0.2) is 0 Å². The quantitative estimate of drug-likeness (QED) is 0.347. The summed E-state index contributed by atoms with van der Waals surface area (Å²) in [5.74, 6) is -1.03. The van der Waals surface area contributed by atoms with Crippen LogP contribution in [-0.4, -0.2) is 44.8 Å². The molecule has 0 heterocycles. The van der Waals surface area contributed by atoms with Gasteiger partial charge in [-0.15, -0.1) is 0 Å². The van der Waals surface area contributed by atoms with Crippen molar-refractivity contribution in [2.45, 2.75) is 38.3 Å². The molecule has 1 N–H and O–H groups in total. The van der Waals surface area contributed by atoms with Crippen LogP contribution in [-0.2, 0) is 26.2 Å². The Bertz CT molecular complexity index is 1450. The van der Waals surface area contributed by atoms with Crippen LogP contribution >= 0.6 is 34.8 Å². The molecule has 11 heteroatoms. The predicted molar refractivity (Wildman–Crippen MR) is 152 cm³/mol. The van der Waals surface area contributed by atoms with Crippen LogP contribution in [0.25, 0.3) is 0 Å². The number of carbonyl (C=O) groups is 2. The molecule has 7 nitrogen and oxygen atoms in total. The maximum absolute atomic E-state index is 13.8. The number of likely N-dealkylation sites (N-methyl/N-ethyl adjacent to an activating group) is 1. The van der Waals surface area contributed by atoms with Gasteiger partial charge in [0.05, 0.1) is 10.6 Å². The van der Waals surface area contributed by atoms with Crippen molar-refractivity contribution in [2.75, 3.05) is 17.9 Å². The minimum Gasteiger partial charge on any atom is -0.357 e. The molecule has 3 aromatic rings. The number of carbonyl (C=O) groups excluding carboxylic acids is 2. The van der Waals surface area contributed by atoms with Gasteiger partial charge in [0.2, 0.25) is 11.8 Å². The number of hydrogen-bond donors (Lipinski definition) is 1. The summed E-state index contributed by atoms with van der Waals surface area (Å²) < 4.78 is 28.6.